The number of urea groups is 1. The summed E-state index contributed by atoms with van der Waals surface area (Å²) in [6.45, 7) is 1.21. The normalized spacial score (nSPS) is 28.7. The number of aliphatic carboxylic acids is 1. The van der Waals surface area contributed by atoms with E-state index in [4.69, 9.17) is 9.84 Å². The van der Waals surface area contributed by atoms with Crippen molar-refractivity contribution in [2.75, 3.05) is 26.8 Å². The number of carboxylic acid groups (broad SMARTS) is 1. The minimum atomic E-state index is -0.897. The summed E-state index contributed by atoms with van der Waals surface area (Å²) in [5.41, 5.74) is 0. The summed E-state index contributed by atoms with van der Waals surface area (Å²) >= 11 is 0. The minimum absolute atomic E-state index is 0.178. The molecule has 6 nitrogen and oxygen atoms in total. The number of nitrogens with zero attached hydrogens (tertiary/aromatic N) is 1. The van der Waals surface area contributed by atoms with Gasteiger partial charge in [0.1, 0.15) is 5.92 Å². The number of hydrogen-bond donors (Lipinski definition) is 2. The second-order valence-corrected chi connectivity index (χ2v) is 6.69. The molecule has 0 spiro atoms. The van der Waals surface area contributed by atoms with E-state index >= 15 is 0 Å². The molecule has 0 aromatic carbocycles. The van der Waals surface area contributed by atoms with Crippen LogP contribution < -0.4 is 5.32 Å². The van der Waals surface area contributed by atoms with Gasteiger partial charge in [0, 0.05) is 13.6 Å². The summed E-state index contributed by atoms with van der Waals surface area (Å²) < 4.78 is 5.22. The van der Waals surface area contributed by atoms with Crippen LogP contribution in [0.1, 0.15) is 25.7 Å². The molecule has 3 aliphatic rings. The molecule has 2 saturated carbocycles. The average Bonchev–Trinajstić information content (AvgIpc) is 3.38. The van der Waals surface area contributed by atoms with Crippen LogP contribution in [0.3, 0.4) is 0 Å². The fourth-order valence-corrected chi connectivity index (χ4v) is 3.41. The van der Waals surface area contributed by atoms with Crippen LogP contribution in [-0.2, 0) is 9.53 Å². The van der Waals surface area contributed by atoms with Gasteiger partial charge in [0.2, 0.25) is 0 Å². The first kappa shape index (κ1) is 14.6. The summed E-state index contributed by atoms with van der Waals surface area (Å²) in [5.74, 6) is 0.696. The fraction of sp³-hybridized carbons (Fsp3) is 0.867. The number of nitrogens with one attached hydrogen (secondary N) is 1. The molecule has 21 heavy (non-hydrogen) atoms. The molecule has 0 aromatic rings. The highest BCUT2D eigenvalue weighted by molar-refractivity contribution is 5.77. The van der Waals surface area contributed by atoms with E-state index in [1.807, 2.05) is 0 Å². The molecule has 1 saturated heterocycles. The van der Waals surface area contributed by atoms with E-state index in [1.54, 1.807) is 7.05 Å². The zero-order chi connectivity index (χ0) is 15.0. The Morgan fingerprint density at radius 3 is 2.38 bits per heavy atom. The van der Waals surface area contributed by atoms with E-state index in [0.29, 0.717) is 12.5 Å². The highest BCUT2D eigenvalue weighted by Gasteiger charge is 2.42. The van der Waals surface area contributed by atoms with Gasteiger partial charge in [0.15, 0.2) is 0 Å². The van der Waals surface area contributed by atoms with E-state index in [2.05, 4.69) is 5.32 Å². The van der Waals surface area contributed by atoms with Gasteiger partial charge in [-0.25, -0.2) is 4.79 Å². The van der Waals surface area contributed by atoms with Crippen molar-refractivity contribution in [3.63, 3.8) is 0 Å². The molecule has 1 heterocycles. The highest BCUT2D eigenvalue weighted by atomic mass is 16.5. The third-order valence-electron chi connectivity index (χ3n) is 5.13. The van der Waals surface area contributed by atoms with Crippen LogP contribution in [0, 0.1) is 23.7 Å². The quantitative estimate of drug-likeness (QED) is 0.771. The Labute approximate surface area is 124 Å². The predicted molar refractivity (Wildman–Crippen MR) is 75.8 cm³/mol. The van der Waals surface area contributed by atoms with Crippen molar-refractivity contribution < 1.29 is 19.4 Å². The Balaban J connectivity index is 1.50. The smallest absolute Gasteiger partial charge is 0.317 e. The molecule has 6 heteroatoms. The molecular formula is C15H24N2O4. The zero-order valence-corrected chi connectivity index (χ0v) is 12.5. The van der Waals surface area contributed by atoms with Crippen molar-refractivity contribution in [2.45, 2.75) is 31.7 Å². The first-order valence-corrected chi connectivity index (χ1v) is 7.89. The van der Waals surface area contributed by atoms with Gasteiger partial charge < -0.3 is 20.1 Å². The van der Waals surface area contributed by atoms with Crippen LogP contribution in [0.25, 0.3) is 0 Å². The van der Waals surface area contributed by atoms with E-state index in [9.17, 15) is 9.59 Å². The van der Waals surface area contributed by atoms with Crippen LogP contribution in [-0.4, -0.2) is 54.9 Å². The molecule has 0 aromatic heterocycles. The molecule has 118 valence electrons. The second kappa shape index (κ2) is 5.83. The molecular weight excluding hydrogens is 272 g/mol. The monoisotopic (exact) mass is 296 g/mol. The minimum Gasteiger partial charge on any atom is -0.481 e. The van der Waals surface area contributed by atoms with Crippen molar-refractivity contribution in [2.24, 2.45) is 23.7 Å². The van der Waals surface area contributed by atoms with E-state index in [-0.39, 0.29) is 18.7 Å². The number of rotatable bonds is 6. The number of carbonyl (C=O) groups is 2. The molecule has 1 aliphatic heterocycles. The van der Waals surface area contributed by atoms with Gasteiger partial charge in [-0.15, -0.1) is 0 Å². The van der Waals surface area contributed by atoms with Gasteiger partial charge in [-0.3, -0.25) is 4.79 Å². The number of amides is 2. The lowest BCUT2D eigenvalue weighted by Crippen LogP contribution is -2.49. The topological polar surface area (TPSA) is 78.9 Å². The van der Waals surface area contributed by atoms with Crippen LogP contribution in [0.5, 0.6) is 0 Å². The SMILES string of the molecule is CN(C(=O)NCC(C1CC1)C1CC1)C1COCC1C(=O)O. The van der Waals surface area contributed by atoms with Crippen molar-refractivity contribution in [1.29, 1.82) is 0 Å². The van der Waals surface area contributed by atoms with Gasteiger partial charge in [0.25, 0.3) is 0 Å². The van der Waals surface area contributed by atoms with Crippen LogP contribution in [0.4, 0.5) is 4.79 Å². The maximum Gasteiger partial charge on any atom is 0.317 e. The van der Waals surface area contributed by atoms with Crippen LogP contribution in [0.15, 0.2) is 0 Å². The van der Waals surface area contributed by atoms with E-state index in [0.717, 1.165) is 18.4 Å². The predicted octanol–water partition coefficient (Wildman–Crippen LogP) is 1.16. The van der Waals surface area contributed by atoms with Crippen LogP contribution >= 0.6 is 0 Å². The summed E-state index contributed by atoms with van der Waals surface area (Å²) in [4.78, 5) is 24.9. The molecule has 3 fully saturated rings. The lowest BCUT2D eigenvalue weighted by Gasteiger charge is -2.27. The Bertz CT molecular complexity index is 408. The molecule has 2 N–H and O–H groups in total. The number of carbonyl (C=O) groups excluding carboxylic acids is 1. The lowest BCUT2D eigenvalue weighted by atomic mass is 9.98. The maximum atomic E-state index is 12.3. The summed E-state index contributed by atoms with van der Waals surface area (Å²) in [6, 6.07) is -0.550. The first-order valence-electron chi connectivity index (χ1n) is 7.89. The van der Waals surface area contributed by atoms with Crippen molar-refractivity contribution in [3.05, 3.63) is 0 Å². The number of carboxylic acids is 1. The fourth-order valence-electron chi connectivity index (χ4n) is 3.41. The van der Waals surface area contributed by atoms with Crippen LogP contribution in [0.2, 0.25) is 0 Å². The standard InChI is InChI=1S/C15H24N2O4/c1-17(13-8-21-7-12(13)14(18)19)15(20)16-6-11(9-2-3-9)10-4-5-10/h9-13H,2-8H2,1H3,(H,16,20)(H,18,19). The van der Waals surface area contributed by atoms with Gasteiger partial charge in [-0.2, -0.15) is 0 Å². The molecule has 0 bridgehead atoms. The summed E-state index contributed by atoms with van der Waals surface area (Å²) in [5, 5.41) is 12.2. The average molecular weight is 296 g/mol. The third-order valence-corrected chi connectivity index (χ3v) is 5.13. The highest BCUT2D eigenvalue weighted by Crippen LogP contribution is 2.48. The van der Waals surface area contributed by atoms with Gasteiger partial charge in [-0.1, -0.05) is 0 Å². The van der Waals surface area contributed by atoms with Gasteiger partial charge >= 0.3 is 12.0 Å². The second-order valence-electron chi connectivity index (χ2n) is 6.69. The van der Waals surface area contributed by atoms with Gasteiger partial charge in [-0.05, 0) is 43.4 Å². The number of likely N-dealkylation sites (N-methyl/N-ethyl adjacent to an activating group) is 1. The third kappa shape index (κ3) is 3.31. The Hall–Kier alpha value is -1.30. The molecule has 2 aliphatic carbocycles. The van der Waals surface area contributed by atoms with Crippen molar-refractivity contribution in [1.82, 2.24) is 10.2 Å². The molecule has 2 unspecified atom stereocenters. The Morgan fingerprint density at radius 2 is 1.86 bits per heavy atom. The number of hydrogen-bond acceptors (Lipinski definition) is 3. The van der Waals surface area contributed by atoms with Crippen molar-refractivity contribution >= 4 is 12.0 Å². The molecule has 2 atom stereocenters. The van der Waals surface area contributed by atoms with E-state index in [1.165, 1.54) is 30.6 Å². The van der Waals surface area contributed by atoms with Gasteiger partial charge in [0.05, 0.1) is 19.3 Å². The van der Waals surface area contributed by atoms with Crippen molar-refractivity contribution in [3.8, 4) is 0 Å². The van der Waals surface area contributed by atoms with E-state index < -0.39 is 11.9 Å². The summed E-state index contributed by atoms with van der Waals surface area (Å²) in [7, 11) is 1.66. The molecule has 0 radical (unpaired) electrons. The summed E-state index contributed by atoms with van der Waals surface area (Å²) in [6.07, 6.45) is 5.18. The Morgan fingerprint density at radius 1 is 1.24 bits per heavy atom. The number of ether oxygens (including phenoxy) is 1. The first-order chi connectivity index (χ1) is 10.1. The largest absolute Gasteiger partial charge is 0.481 e. The maximum absolute atomic E-state index is 12.3. The molecule has 3 rings (SSSR count). The Kier molecular flexibility index (Phi) is 4.06. The zero-order valence-electron chi connectivity index (χ0n) is 12.5. The molecule has 2 amide bonds. The lowest BCUT2D eigenvalue weighted by molar-refractivity contribution is -0.142.